The van der Waals surface area contributed by atoms with Crippen molar-refractivity contribution in [3.8, 4) is 0 Å². The normalized spacial score (nSPS) is 10.9. The number of rotatable bonds is 3. The molecule has 4 N–H and O–H groups in total. The number of nitrogens with two attached hydrogens (primary N) is 1. The van der Waals surface area contributed by atoms with Gasteiger partial charge >= 0.3 is 0 Å². The largest absolute Gasteiger partial charge is 0.368 e. The van der Waals surface area contributed by atoms with Crippen LogP contribution in [0.3, 0.4) is 0 Å². The molecule has 2 heterocycles. The molecule has 0 saturated heterocycles. The van der Waals surface area contributed by atoms with E-state index in [9.17, 15) is 8.78 Å². The molecule has 0 aliphatic carbocycles. The van der Waals surface area contributed by atoms with Gasteiger partial charge in [0.05, 0.1) is 6.33 Å². The van der Waals surface area contributed by atoms with Crippen LogP contribution in [-0.2, 0) is 6.54 Å². The molecule has 0 atom stereocenters. The van der Waals surface area contributed by atoms with Gasteiger partial charge in [-0.05, 0) is 6.07 Å². The van der Waals surface area contributed by atoms with Gasteiger partial charge in [-0.15, -0.1) is 0 Å². The van der Waals surface area contributed by atoms with E-state index in [1.807, 2.05) is 0 Å². The summed E-state index contributed by atoms with van der Waals surface area (Å²) in [6.07, 6.45) is 1.45. The van der Waals surface area contributed by atoms with Crippen LogP contribution in [0.2, 0.25) is 0 Å². The van der Waals surface area contributed by atoms with Gasteiger partial charge in [0.25, 0.3) is 0 Å². The highest BCUT2D eigenvalue weighted by Crippen LogP contribution is 2.19. The van der Waals surface area contributed by atoms with Gasteiger partial charge in [0, 0.05) is 12.1 Å². The number of nitrogen functional groups attached to an aromatic ring is 1. The summed E-state index contributed by atoms with van der Waals surface area (Å²) in [7, 11) is 0. The van der Waals surface area contributed by atoms with Crippen LogP contribution >= 0.6 is 0 Å². The molecule has 0 radical (unpaired) electrons. The van der Waals surface area contributed by atoms with Crippen molar-refractivity contribution in [2.45, 2.75) is 6.54 Å². The van der Waals surface area contributed by atoms with Crippen molar-refractivity contribution >= 4 is 22.9 Å². The minimum Gasteiger partial charge on any atom is -0.368 e. The monoisotopic (exact) mass is 276 g/mol. The summed E-state index contributed by atoms with van der Waals surface area (Å²) in [6.45, 7) is 0.0637. The number of hydrogen-bond donors (Lipinski definition) is 3. The molecular weight excluding hydrogens is 266 g/mol. The van der Waals surface area contributed by atoms with E-state index in [1.54, 1.807) is 0 Å². The first-order valence-corrected chi connectivity index (χ1v) is 5.78. The van der Waals surface area contributed by atoms with Crippen LogP contribution in [0, 0.1) is 11.6 Å². The molecule has 0 amide bonds. The van der Waals surface area contributed by atoms with Crippen LogP contribution in [0.25, 0.3) is 11.2 Å². The van der Waals surface area contributed by atoms with E-state index in [1.165, 1.54) is 18.5 Å². The molecule has 3 rings (SSSR count). The molecule has 0 aliphatic heterocycles. The lowest BCUT2D eigenvalue weighted by Gasteiger charge is -2.08. The molecule has 6 nitrogen and oxygen atoms in total. The van der Waals surface area contributed by atoms with Crippen LogP contribution in [0.4, 0.5) is 20.5 Å². The standard InChI is InChI=1S/C12H10F2N6/c13-7-3-1-2-6(8(7)14)4-16-10-9-11(18-5-17-9)20-12(15)19-10/h1-3,5H,4H2,(H4,15,16,17,18,19,20). The predicted octanol–water partition coefficient (Wildman–Crippen LogP) is 1.83. The second-order valence-corrected chi connectivity index (χ2v) is 4.10. The SMILES string of the molecule is Nc1nc(NCc2cccc(F)c2F)c2[nH]cnc2n1. The van der Waals surface area contributed by atoms with Crippen molar-refractivity contribution in [2.75, 3.05) is 11.1 Å². The lowest BCUT2D eigenvalue weighted by Crippen LogP contribution is -2.07. The van der Waals surface area contributed by atoms with E-state index in [2.05, 4.69) is 25.3 Å². The number of hydrogen-bond acceptors (Lipinski definition) is 5. The molecule has 0 saturated carbocycles. The molecule has 8 heteroatoms. The Balaban J connectivity index is 1.90. The Kier molecular flexibility index (Phi) is 2.90. The maximum Gasteiger partial charge on any atom is 0.224 e. The smallest absolute Gasteiger partial charge is 0.224 e. The van der Waals surface area contributed by atoms with E-state index >= 15 is 0 Å². The van der Waals surface area contributed by atoms with Crippen molar-refractivity contribution in [3.05, 3.63) is 41.7 Å². The number of anilines is 2. The van der Waals surface area contributed by atoms with Gasteiger partial charge in [0.2, 0.25) is 5.95 Å². The Labute approximate surface area is 112 Å². The summed E-state index contributed by atoms with van der Waals surface area (Å²) in [5.74, 6) is -1.35. The van der Waals surface area contributed by atoms with E-state index in [4.69, 9.17) is 5.73 Å². The van der Waals surface area contributed by atoms with Crippen LogP contribution in [-0.4, -0.2) is 19.9 Å². The minimum atomic E-state index is -0.891. The summed E-state index contributed by atoms with van der Waals surface area (Å²) in [5.41, 5.74) is 6.70. The zero-order valence-corrected chi connectivity index (χ0v) is 10.2. The fourth-order valence-corrected chi connectivity index (χ4v) is 1.84. The maximum atomic E-state index is 13.5. The Morgan fingerprint density at radius 3 is 2.95 bits per heavy atom. The molecule has 2 aromatic heterocycles. The number of nitrogens with zero attached hydrogens (tertiary/aromatic N) is 3. The van der Waals surface area contributed by atoms with Crippen molar-refractivity contribution in [3.63, 3.8) is 0 Å². The molecule has 0 spiro atoms. The molecule has 1 aromatic carbocycles. The number of imidazole rings is 1. The molecule has 3 aromatic rings. The van der Waals surface area contributed by atoms with Gasteiger partial charge in [-0.1, -0.05) is 12.1 Å². The molecule has 20 heavy (non-hydrogen) atoms. The first kappa shape index (κ1) is 12.3. The third kappa shape index (κ3) is 2.11. The highest BCUT2D eigenvalue weighted by atomic mass is 19.2. The molecule has 0 unspecified atom stereocenters. The van der Waals surface area contributed by atoms with E-state index in [-0.39, 0.29) is 18.1 Å². The minimum absolute atomic E-state index is 0.0480. The van der Waals surface area contributed by atoms with Crippen molar-refractivity contribution in [1.82, 2.24) is 19.9 Å². The van der Waals surface area contributed by atoms with Crippen LogP contribution in [0.5, 0.6) is 0 Å². The second-order valence-electron chi connectivity index (χ2n) is 4.10. The summed E-state index contributed by atoms with van der Waals surface area (Å²) in [6, 6.07) is 3.99. The Hall–Kier alpha value is -2.77. The third-order valence-corrected chi connectivity index (χ3v) is 2.78. The number of aromatic amines is 1. The van der Waals surface area contributed by atoms with Crippen molar-refractivity contribution < 1.29 is 8.78 Å². The van der Waals surface area contributed by atoms with Gasteiger partial charge in [-0.3, -0.25) is 0 Å². The van der Waals surface area contributed by atoms with Gasteiger partial charge in [-0.25, -0.2) is 13.8 Å². The second kappa shape index (κ2) is 4.72. The third-order valence-electron chi connectivity index (χ3n) is 2.78. The van der Waals surface area contributed by atoms with Gasteiger partial charge in [0.15, 0.2) is 23.1 Å². The summed E-state index contributed by atoms with van der Waals surface area (Å²) in [4.78, 5) is 14.8. The number of nitrogens with one attached hydrogen (secondary N) is 2. The Bertz CT molecular complexity index is 770. The summed E-state index contributed by atoms with van der Waals surface area (Å²) in [5, 5.41) is 2.89. The average Bonchev–Trinajstić information content (AvgIpc) is 2.88. The molecule has 0 fully saturated rings. The maximum absolute atomic E-state index is 13.5. The van der Waals surface area contributed by atoms with E-state index in [0.717, 1.165) is 6.07 Å². The quantitative estimate of drug-likeness (QED) is 0.678. The number of aromatic nitrogens is 4. The molecule has 0 aliphatic rings. The highest BCUT2D eigenvalue weighted by molar-refractivity contribution is 5.83. The van der Waals surface area contributed by atoms with E-state index in [0.29, 0.717) is 17.0 Å². The lowest BCUT2D eigenvalue weighted by molar-refractivity contribution is 0.500. The number of benzene rings is 1. The zero-order valence-electron chi connectivity index (χ0n) is 10.2. The van der Waals surface area contributed by atoms with Gasteiger partial charge in [-0.2, -0.15) is 9.97 Å². The van der Waals surface area contributed by atoms with E-state index < -0.39 is 11.6 Å². The number of fused-ring (bicyclic) bond motifs is 1. The highest BCUT2D eigenvalue weighted by Gasteiger charge is 2.11. The number of halogens is 2. The van der Waals surface area contributed by atoms with Gasteiger partial charge < -0.3 is 16.0 Å². The summed E-state index contributed by atoms with van der Waals surface area (Å²) >= 11 is 0. The Morgan fingerprint density at radius 2 is 2.10 bits per heavy atom. The lowest BCUT2D eigenvalue weighted by atomic mass is 10.2. The first-order valence-electron chi connectivity index (χ1n) is 5.78. The van der Waals surface area contributed by atoms with Crippen LogP contribution in [0.15, 0.2) is 24.5 Å². The van der Waals surface area contributed by atoms with Crippen LogP contribution in [0.1, 0.15) is 5.56 Å². The molecule has 102 valence electrons. The first-order chi connectivity index (χ1) is 9.65. The average molecular weight is 276 g/mol. The fourth-order valence-electron chi connectivity index (χ4n) is 1.84. The fraction of sp³-hybridized carbons (Fsp3) is 0.0833. The van der Waals surface area contributed by atoms with Gasteiger partial charge in [0.1, 0.15) is 5.52 Å². The summed E-state index contributed by atoms with van der Waals surface area (Å²) < 4.78 is 26.7. The predicted molar refractivity (Wildman–Crippen MR) is 69.8 cm³/mol. The van der Waals surface area contributed by atoms with Crippen molar-refractivity contribution in [2.24, 2.45) is 0 Å². The van der Waals surface area contributed by atoms with Crippen LogP contribution < -0.4 is 11.1 Å². The Morgan fingerprint density at radius 1 is 1.25 bits per heavy atom. The van der Waals surface area contributed by atoms with Crippen molar-refractivity contribution in [1.29, 1.82) is 0 Å². The molecule has 0 bridgehead atoms. The topological polar surface area (TPSA) is 92.5 Å². The molecular formula is C12H10F2N6. The number of H-pyrrole nitrogens is 1. The zero-order chi connectivity index (χ0) is 14.1.